The van der Waals surface area contributed by atoms with Crippen molar-refractivity contribution in [2.45, 2.75) is 24.9 Å². The van der Waals surface area contributed by atoms with Crippen LogP contribution in [0.15, 0.2) is 42.5 Å². The topological polar surface area (TPSA) is 29.3 Å². The first-order valence-corrected chi connectivity index (χ1v) is 7.54. The van der Waals surface area contributed by atoms with Crippen molar-refractivity contribution in [1.29, 1.82) is 0 Å². The predicted molar refractivity (Wildman–Crippen MR) is 84.5 cm³/mol. The quantitative estimate of drug-likeness (QED) is 0.943. The van der Waals surface area contributed by atoms with Crippen LogP contribution in [0.2, 0.25) is 0 Å². The Balaban J connectivity index is 1.86. The van der Waals surface area contributed by atoms with E-state index in [9.17, 15) is 8.78 Å². The molecular weight excluding hydrogens is 282 g/mol. The lowest BCUT2D eigenvalue weighted by molar-refractivity contribution is 0.296. The summed E-state index contributed by atoms with van der Waals surface area (Å²) in [6.45, 7) is 1.01. The molecule has 2 unspecified atom stereocenters. The molecule has 0 radical (unpaired) electrons. The van der Waals surface area contributed by atoms with Crippen molar-refractivity contribution in [3.63, 3.8) is 0 Å². The fourth-order valence-electron chi connectivity index (χ4n) is 3.18. The summed E-state index contributed by atoms with van der Waals surface area (Å²) in [6.07, 6.45) is 1.86. The highest BCUT2D eigenvalue weighted by molar-refractivity contribution is 5.64. The van der Waals surface area contributed by atoms with E-state index in [2.05, 4.69) is 11.9 Å². The fourth-order valence-corrected chi connectivity index (χ4v) is 3.18. The minimum Gasteiger partial charge on any atom is -0.326 e. The highest BCUT2D eigenvalue weighted by Crippen LogP contribution is 2.25. The Morgan fingerprint density at radius 3 is 2.45 bits per heavy atom. The maximum Gasteiger partial charge on any atom is 0.126 e. The van der Waals surface area contributed by atoms with Gasteiger partial charge in [0, 0.05) is 18.2 Å². The van der Waals surface area contributed by atoms with Crippen LogP contribution in [0.1, 0.15) is 12.0 Å². The second-order valence-corrected chi connectivity index (χ2v) is 6.06. The summed E-state index contributed by atoms with van der Waals surface area (Å²) in [4.78, 5) is 2.28. The highest BCUT2D eigenvalue weighted by Gasteiger charge is 2.28. The van der Waals surface area contributed by atoms with Crippen LogP contribution >= 0.6 is 0 Å². The zero-order valence-electron chi connectivity index (χ0n) is 12.6. The molecule has 22 heavy (non-hydrogen) atoms. The molecule has 0 spiro atoms. The van der Waals surface area contributed by atoms with Gasteiger partial charge in [0.2, 0.25) is 0 Å². The Kier molecular flexibility index (Phi) is 4.23. The Morgan fingerprint density at radius 1 is 1.09 bits per heavy atom. The van der Waals surface area contributed by atoms with E-state index < -0.39 is 11.6 Å². The number of halogens is 2. The summed E-state index contributed by atoms with van der Waals surface area (Å²) in [5, 5.41) is 0. The van der Waals surface area contributed by atoms with Gasteiger partial charge in [-0.15, -0.1) is 0 Å². The third kappa shape index (κ3) is 3.18. The number of hydrogen-bond acceptors (Lipinski definition) is 2. The fraction of sp³-hybridized carbons (Fsp3) is 0.333. The predicted octanol–water partition coefficient (Wildman–Crippen LogP) is 3.21. The molecule has 0 bridgehead atoms. The summed E-state index contributed by atoms with van der Waals surface area (Å²) >= 11 is 0. The average molecular weight is 302 g/mol. The van der Waals surface area contributed by atoms with Crippen molar-refractivity contribution in [3.8, 4) is 11.1 Å². The SMILES string of the molecule is CN1CCC(N)C1Cc1cccc(-c2cc(F)cc(F)c2)c1. The summed E-state index contributed by atoms with van der Waals surface area (Å²) in [5.41, 5.74) is 8.68. The van der Waals surface area contributed by atoms with Crippen LogP contribution in [0.5, 0.6) is 0 Å². The maximum atomic E-state index is 13.4. The Labute approximate surface area is 129 Å². The molecule has 2 nitrogen and oxygen atoms in total. The van der Waals surface area contributed by atoms with Crippen LogP contribution in [0.3, 0.4) is 0 Å². The molecule has 1 heterocycles. The van der Waals surface area contributed by atoms with Gasteiger partial charge >= 0.3 is 0 Å². The molecule has 2 aromatic carbocycles. The number of hydrogen-bond donors (Lipinski definition) is 1. The largest absolute Gasteiger partial charge is 0.326 e. The Morgan fingerprint density at radius 2 is 1.82 bits per heavy atom. The van der Waals surface area contributed by atoms with Gasteiger partial charge in [-0.1, -0.05) is 24.3 Å². The molecule has 3 rings (SSSR count). The molecule has 1 aliphatic heterocycles. The standard InChI is InChI=1S/C18H20F2N2/c1-22-6-5-17(21)18(22)8-12-3-2-4-13(7-12)14-9-15(19)11-16(20)10-14/h2-4,7,9-11,17-18H,5-6,8,21H2,1H3. The number of benzene rings is 2. The third-order valence-corrected chi connectivity index (χ3v) is 4.44. The minimum absolute atomic E-state index is 0.181. The number of nitrogens with zero attached hydrogens (tertiary/aromatic N) is 1. The molecule has 116 valence electrons. The van der Waals surface area contributed by atoms with E-state index in [1.165, 1.54) is 12.1 Å². The molecule has 2 N–H and O–H groups in total. The lowest BCUT2D eigenvalue weighted by Crippen LogP contribution is -2.39. The first-order valence-electron chi connectivity index (χ1n) is 7.54. The van der Waals surface area contributed by atoms with Crippen LogP contribution in [0.25, 0.3) is 11.1 Å². The van der Waals surface area contributed by atoms with Crippen molar-refractivity contribution < 1.29 is 8.78 Å². The van der Waals surface area contributed by atoms with Crippen molar-refractivity contribution >= 4 is 0 Å². The molecule has 0 saturated carbocycles. The molecule has 1 aliphatic rings. The van der Waals surface area contributed by atoms with Gasteiger partial charge < -0.3 is 10.6 Å². The molecule has 2 atom stereocenters. The van der Waals surface area contributed by atoms with Gasteiger partial charge in [0.05, 0.1) is 0 Å². The minimum atomic E-state index is -0.557. The van der Waals surface area contributed by atoms with Gasteiger partial charge in [0.15, 0.2) is 0 Å². The summed E-state index contributed by atoms with van der Waals surface area (Å²) < 4.78 is 26.8. The monoisotopic (exact) mass is 302 g/mol. The second-order valence-electron chi connectivity index (χ2n) is 6.06. The van der Waals surface area contributed by atoms with Crippen LogP contribution in [0, 0.1) is 11.6 Å². The van der Waals surface area contributed by atoms with Crippen molar-refractivity contribution in [2.24, 2.45) is 5.73 Å². The van der Waals surface area contributed by atoms with Gasteiger partial charge in [-0.3, -0.25) is 0 Å². The van der Waals surface area contributed by atoms with Gasteiger partial charge in [0.1, 0.15) is 11.6 Å². The molecule has 0 aromatic heterocycles. The molecule has 4 heteroatoms. The van der Waals surface area contributed by atoms with E-state index in [0.717, 1.165) is 36.6 Å². The van der Waals surface area contributed by atoms with Crippen molar-refractivity contribution in [3.05, 3.63) is 59.7 Å². The number of rotatable bonds is 3. The smallest absolute Gasteiger partial charge is 0.126 e. The Bertz CT molecular complexity index is 642. The zero-order chi connectivity index (χ0) is 15.7. The normalized spacial score (nSPS) is 22.2. The van der Waals surface area contributed by atoms with E-state index in [1.54, 1.807) is 0 Å². The lowest BCUT2D eigenvalue weighted by atomic mass is 9.97. The van der Waals surface area contributed by atoms with Gasteiger partial charge in [-0.25, -0.2) is 8.78 Å². The van der Waals surface area contributed by atoms with Crippen LogP contribution in [-0.4, -0.2) is 30.6 Å². The number of nitrogens with two attached hydrogens (primary N) is 1. The number of likely N-dealkylation sites (N-methyl/N-ethyl adjacent to an activating group) is 1. The van der Waals surface area contributed by atoms with E-state index >= 15 is 0 Å². The molecule has 1 saturated heterocycles. The van der Waals surface area contributed by atoms with E-state index in [4.69, 9.17) is 5.73 Å². The van der Waals surface area contributed by atoms with Crippen molar-refractivity contribution in [1.82, 2.24) is 4.90 Å². The summed E-state index contributed by atoms with van der Waals surface area (Å²) in [5.74, 6) is -1.11. The molecule has 2 aromatic rings. The van der Waals surface area contributed by atoms with E-state index in [1.807, 2.05) is 24.3 Å². The highest BCUT2D eigenvalue weighted by atomic mass is 19.1. The molecule has 0 aliphatic carbocycles. The summed E-state index contributed by atoms with van der Waals surface area (Å²) in [7, 11) is 2.09. The van der Waals surface area contributed by atoms with Gasteiger partial charge in [0.25, 0.3) is 0 Å². The van der Waals surface area contributed by atoms with Crippen molar-refractivity contribution in [2.75, 3.05) is 13.6 Å². The van der Waals surface area contributed by atoms with E-state index in [-0.39, 0.29) is 6.04 Å². The zero-order valence-corrected chi connectivity index (χ0v) is 12.6. The first kappa shape index (κ1) is 15.1. The molecule has 1 fully saturated rings. The average Bonchev–Trinajstić information content (AvgIpc) is 2.78. The van der Waals surface area contributed by atoms with Crippen LogP contribution < -0.4 is 5.73 Å². The number of likely N-dealkylation sites (tertiary alicyclic amines) is 1. The lowest BCUT2D eigenvalue weighted by Gasteiger charge is -2.23. The molecule has 0 amide bonds. The van der Waals surface area contributed by atoms with Gasteiger partial charge in [-0.05, 0) is 55.3 Å². The van der Waals surface area contributed by atoms with Gasteiger partial charge in [-0.2, -0.15) is 0 Å². The first-order chi connectivity index (χ1) is 10.5. The van der Waals surface area contributed by atoms with Crippen LogP contribution in [-0.2, 0) is 6.42 Å². The maximum absolute atomic E-state index is 13.4. The Hall–Kier alpha value is -1.78. The van der Waals surface area contributed by atoms with E-state index in [0.29, 0.717) is 11.6 Å². The third-order valence-electron chi connectivity index (χ3n) is 4.44. The summed E-state index contributed by atoms with van der Waals surface area (Å²) in [6, 6.07) is 11.9. The second kappa shape index (κ2) is 6.15. The van der Waals surface area contributed by atoms with Crippen LogP contribution in [0.4, 0.5) is 8.78 Å². The molecular formula is C18H20F2N2.